The van der Waals surface area contributed by atoms with Crippen molar-refractivity contribution in [1.82, 2.24) is 4.90 Å². The van der Waals surface area contributed by atoms with Gasteiger partial charge in [0.2, 0.25) is 0 Å². The Kier molecular flexibility index (Phi) is 7.89. The van der Waals surface area contributed by atoms with E-state index in [1.165, 1.54) is 5.56 Å². The Bertz CT molecular complexity index is 510. The molecule has 0 aliphatic carbocycles. The van der Waals surface area contributed by atoms with Crippen molar-refractivity contribution >= 4 is 8.32 Å². The molecule has 0 unspecified atom stereocenters. The molecule has 0 saturated carbocycles. The molecule has 3 nitrogen and oxygen atoms in total. The second-order valence-corrected chi connectivity index (χ2v) is 14.5. The Morgan fingerprint density at radius 1 is 0.962 bits per heavy atom. The van der Waals surface area contributed by atoms with E-state index in [1.54, 1.807) is 0 Å². The van der Waals surface area contributed by atoms with E-state index in [0.29, 0.717) is 28.5 Å². The molecule has 1 fully saturated rings. The van der Waals surface area contributed by atoms with Crippen LogP contribution in [-0.4, -0.2) is 44.6 Å². The summed E-state index contributed by atoms with van der Waals surface area (Å²) in [7, 11) is -1.83. The second-order valence-electron chi connectivity index (χ2n) is 9.01. The molecule has 2 atom stereocenters. The van der Waals surface area contributed by atoms with Gasteiger partial charge >= 0.3 is 0 Å². The van der Waals surface area contributed by atoms with Crippen molar-refractivity contribution in [3.05, 3.63) is 35.9 Å². The molecule has 1 aliphatic rings. The first-order chi connectivity index (χ1) is 12.3. The van der Waals surface area contributed by atoms with E-state index in [-0.39, 0.29) is 6.61 Å². The molecule has 0 bridgehead atoms. The molecular weight excluding hydrogens is 338 g/mol. The molecule has 1 aliphatic heterocycles. The number of benzene rings is 1. The molecule has 0 radical (unpaired) electrons. The highest BCUT2D eigenvalue weighted by molar-refractivity contribution is 6.77. The van der Waals surface area contributed by atoms with E-state index in [1.807, 2.05) is 0 Å². The quantitative estimate of drug-likeness (QED) is 0.620. The fraction of sp³-hybridized carbons (Fsp3) is 0.727. The average molecular weight is 378 g/mol. The molecular formula is C22H39NO2Si. The molecule has 1 saturated heterocycles. The smallest absolute Gasteiger partial charge is 0.200 e. The van der Waals surface area contributed by atoms with Crippen molar-refractivity contribution in [2.75, 3.05) is 26.3 Å². The molecule has 4 heteroatoms. The Morgan fingerprint density at radius 3 is 2.00 bits per heavy atom. The zero-order valence-electron chi connectivity index (χ0n) is 17.6. The van der Waals surface area contributed by atoms with Crippen LogP contribution in [0.25, 0.3) is 0 Å². The van der Waals surface area contributed by atoms with Gasteiger partial charge in [0.05, 0.1) is 0 Å². The summed E-state index contributed by atoms with van der Waals surface area (Å²) in [6, 6.07) is 10.6. The fourth-order valence-electron chi connectivity index (χ4n) is 5.15. The largest absolute Gasteiger partial charge is 0.416 e. The molecule has 0 aromatic heterocycles. The minimum atomic E-state index is -1.83. The summed E-state index contributed by atoms with van der Waals surface area (Å²) in [5.41, 5.74) is 3.17. The van der Waals surface area contributed by atoms with Crippen LogP contribution < -0.4 is 0 Å². The van der Waals surface area contributed by atoms with E-state index < -0.39 is 8.32 Å². The molecule has 1 aromatic rings. The maximum Gasteiger partial charge on any atom is 0.200 e. The van der Waals surface area contributed by atoms with Crippen LogP contribution in [0.5, 0.6) is 0 Å². The summed E-state index contributed by atoms with van der Waals surface area (Å²) < 4.78 is 6.83. The average Bonchev–Trinajstić information content (AvgIpc) is 2.97. The highest BCUT2D eigenvalue weighted by atomic mass is 28.4. The third-order valence-electron chi connectivity index (χ3n) is 6.39. The van der Waals surface area contributed by atoms with Gasteiger partial charge in [-0.3, -0.25) is 4.90 Å². The van der Waals surface area contributed by atoms with Crippen LogP contribution in [0.4, 0.5) is 0 Å². The normalized spacial score (nSPS) is 22.1. The highest BCUT2D eigenvalue weighted by Crippen LogP contribution is 2.43. The van der Waals surface area contributed by atoms with Gasteiger partial charge in [0, 0.05) is 38.8 Å². The van der Waals surface area contributed by atoms with Crippen molar-refractivity contribution in [2.45, 2.75) is 64.7 Å². The molecule has 1 heterocycles. The molecule has 0 spiro atoms. The number of likely N-dealkylation sites (tertiary alicyclic amines) is 1. The van der Waals surface area contributed by atoms with Gasteiger partial charge in [-0.05, 0) is 28.1 Å². The van der Waals surface area contributed by atoms with Crippen molar-refractivity contribution in [3.8, 4) is 0 Å². The van der Waals surface area contributed by atoms with Crippen LogP contribution in [0, 0.1) is 11.8 Å². The van der Waals surface area contributed by atoms with Crippen LogP contribution in [0.2, 0.25) is 16.6 Å². The Balaban J connectivity index is 2.03. The van der Waals surface area contributed by atoms with E-state index in [4.69, 9.17) is 4.43 Å². The Labute approximate surface area is 161 Å². The molecule has 2 rings (SSSR count). The highest BCUT2D eigenvalue weighted by Gasteiger charge is 2.46. The Hall–Kier alpha value is -0.683. The Morgan fingerprint density at radius 2 is 1.50 bits per heavy atom. The molecule has 1 aromatic carbocycles. The van der Waals surface area contributed by atoms with Gasteiger partial charge in [-0.1, -0.05) is 71.9 Å². The van der Waals surface area contributed by atoms with Gasteiger partial charge in [-0.25, -0.2) is 0 Å². The van der Waals surface area contributed by atoms with E-state index in [0.717, 1.165) is 26.2 Å². The van der Waals surface area contributed by atoms with Crippen molar-refractivity contribution in [1.29, 1.82) is 0 Å². The van der Waals surface area contributed by atoms with Crippen LogP contribution in [0.15, 0.2) is 30.3 Å². The van der Waals surface area contributed by atoms with Gasteiger partial charge < -0.3 is 9.53 Å². The van der Waals surface area contributed by atoms with Crippen molar-refractivity contribution < 1.29 is 9.53 Å². The zero-order chi connectivity index (χ0) is 19.3. The van der Waals surface area contributed by atoms with Gasteiger partial charge in [0.15, 0.2) is 8.32 Å². The summed E-state index contributed by atoms with van der Waals surface area (Å²) in [5.74, 6) is 0.767. The molecule has 0 amide bonds. The van der Waals surface area contributed by atoms with Gasteiger partial charge in [-0.15, -0.1) is 0 Å². The van der Waals surface area contributed by atoms with E-state index in [2.05, 4.69) is 76.8 Å². The van der Waals surface area contributed by atoms with Crippen LogP contribution in [-0.2, 0) is 11.0 Å². The lowest BCUT2D eigenvalue weighted by Crippen LogP contribution is -2.49. The number of hydrogen-bond acceptors (Lipinski definition) is 3. The second kappa shape index (κ2) is 9.49. The summed E-state index contributed by atoms with van der Waals surface area (Å²) in [6.07, 6.45) is 0. The minimum absolute atomic E-state index is 0.263. The van der Waals surface area contributed by atoms with Gasteiger partial charge in [0.25, 0.3) is 0 Å². The van der Waals surface area contributed by atoms with Crippen LogP contribution in [0.1, 0.15) is 47.1 Å². The summed E-state index contributed by atoms with van der Waals surface area (Å²) >= 11 is 0. The van der Waals surface area contributed by atoms with Crippen LogP contribution >= 0.6 is 0 Å². The molecule has 26 heavy (non-hydrogen) atoms. The number of aliphatic hydroxyl groups excluding tert-OH is 1. The maximum atomic E-state index is 9.91. The lowest BCUT2D eigenvalue weighted by Gasteiger charge is -2.43. The van der Waals surface area contributed by atoms with Crippen LogP contribution in [0.3, 0.4) is 0 Å². The maximum absolute atomic E-state index is 9.91. The number of hydrogen-bond donors (Lipinski definition) is 1. The number of nitrogens with zero attached hydrogens (tertiary/aromatic N) is 1. The lowest BCUT2D eigenvalue weighted by atomic mass is 9.98. The topological polar surface area (TPSA) is 32.7 Å². The van der Waals surface area contributed by atoms with Crippen molar-refractivity contribution in [2.24, 2.45) is 11.8 Å². The van der Waals surface area contributed by atoms with E-state index in [9.17, 15) is 5.11 Å². The monoisotopic (exact) mass is 377 g/mol. The molecule has 1 N–H and O–H groups in total. The van der Waals surface area contributed by atoms with E-state index >= 15 is 0 Å². The number of aliphatic hydroxyl groups is 1. The SMILES string of the molecule is CC(C)[Si](OC[C@H]1CN(Cc2ccccc2)C[C@@H]1CO)(C(C)C)C(C)C. The third-order valence-corrected chi connectivity index (χ3v) is 12.5. The predicted molar refractivity (Wildman–Crippen MR) is 113 cm³/mol. The predicted octanol–water partition coefficient (Wildman–Crippen LogP) is 4.92. The first kappa shape index (κ1) is 21.6. The zero-order valence-corrected chi connectivity index (χ0v) is 18.6. The first-order valence-corrected chi connectivity index (χ1v) is 12.5. The number of rotatable bonds is 9. The van der Waals surface area contributed by atoms with Gasteiger partial charge in [-0.2, -0.15) is 0 Å². The summed E-state index contributed by atoms with van der Waals surface area (Å²) in [6.45, 7) is 18.1. The molecule has 148 valence electrons. The first-order valence-electron chi connectivity index (χ1n) is 10.3. The lowest BCUT2D eigenvalue weighted by molar-refractivity contribution is 0.152. The minimum Gasteiger partial charge on any atom is -0.416 e. The standard InChI is InChI=1S/C22H39NO2Si/c1-17(2)26(18(3)4,19(5)6)25-16-22-14-23(13-21(22)15-24)12-20-10-8-7-9-11-20/h7-11,17-19,21-22,24H,12-16H2,1-6H3/t21-,22-/m1/s1. The third kappa shape index (κ3) is 4.77. The summed E-state index contributed by atoms with van der Waals surface area (Å²) in [4.78, 5) is 2.48. The fourth-order valence-corrected chi connectivity index (χ4v) is 10.7. The van der Waals surface area contributed by atoms with Crippen molar-refractivity contribution in [3.63, 3.8) is 0 Å². The summed E-state index contributed by atoms with van der Waals surface area (Å²) in [5, 5.41) is 9.91. The van der Waals surface area contributed by atoms with Gasteiger partial charge in [0.1, 0.15) is 0 Å².